The van der Waals surface area contributed by atoms with E-state index in [1.54, 1.807) is 24.3 Å². The smallest absolute Gasteiger partial charge is 0.266 e. The van der Waals surface area contributed by atoms with Gasteiger partial charge < -0.3 is 13.7 Å². The Bertz CT molecular complexity index is 4380. The summed E-state index contributed by atoms with van der Waals surface area (Å²) in [4.78, 5) is 28.8. The molecule has 14 rings (SSSR count). The summed E-state index contributed by atoms with van der Waals surface area (Å²) in [6, 6.07) is 79.1. The van der Waals surface area contributed by atoms with Crippen molar-refractivity contribution in [1.29, 1.82) is 5.26 Å². The number of benzene rings is 10. The maximum absolute atomic E-state index is 13.7. The van der Waals surface area contributed by atoms with Crippen LogP contribution in [-0.4, -0.2) is 25.5 Å². The van der Waals surface area contributed by atoms with E-state index in [-0.39, 0.29) is 11.8 Å². The molecule has 0 saturated heterocycles. The first-order chi connectivity index (χ1) is 34.5. The molecule has 0 bridgehead atoms. The van der Waals surface area contributed by atoms with E-state index in [2.05, 4.69) is 171 Å². The summed E-state index contributed by atoms with van der Waals surface area (Å²) in [5.74, 6) is -0.648. The second kappa shape index (κ2) is 15.1. The molecule has 7 heteroatoms. The van der Waals surface area contributed by atoms with E-state index in [1.807, 2.05) is 48.5 Å². The molecule has 13 aromatic rings. The van der Waals surface area contributed by atoms with Crippen molar-refractivity contribution in [3.05, 3.63) is 241 Å². The van der Waals surface area contributed by atoms with Crippen LogP contribution < -0.4 is 4.90 Å². The number of carbonyl (C=O) groups is 2. The first-order valence-corrected chi connectivity index (χ1v) is 23.3. The van der Waals surface area contributed by atoms with Crippen LogP contribution >= 0.6 is 0 Å². The van der Waals surface area contributed by atoms with E-state index in [9.17, 15) is 14.9 Å². The number of rotatable bonds is 6. The summed E-state index contributed by atoms with van der Waals surface area (Å²) in [6.45, 7) is 0. The lowest BCUT2D eigenvalue weighted by molar-refractivity contribution is 0.0926. The molecule has 10 aromatic carbocycles. The summed E-state index contributed by atoms with van der Waals surface area (Å²) >= 11 is 0. The molecule has 4 heterocycles. The van der Waals surface area contributed by atoms with Gasteiger partial charge in [-0.25, -0.2) is 4.90 Å². The Kier molecular flexibility index (Phi) is 8.51. The van der Waals surface area contributed by atoms with Crippen molar-refractivity contribution in [2.45, 2.75) is 0 Å². The topological polar surface area (TPSA) is 76.0 Å². The van der Waals surface area contributed by atoms with Crippen LogP contribution in [0.1, 0.15) is 26.3 Å². The Labute approximate surface area is 401 Å². The van der Waals surface area contributed by atoms with Crippen LogP contribution in [0.5, 0.6) is 0 Å². The average Bonchev–Trinajstić information content (AvgIpc) is 4.12. The Morgan fingerprint density at radius 1 is 0.300 bits per heavy atom. The second-order valence-corrected chi connectivity index (χ2v) is 18.0. The monoisotopic (exact) mass is 895 g/mol. The van der Waals surface area contributed by atoms with E-state index in [1.165, 1.54) is 15.7 Å². The van der Waals surface area contributed by atoms with Crippen LogP contribution in [0.2, 0.25) is 0 Å². The Hall–Kier alpha value is -9.77. The van der Waals surface area contributed by atoms with Gasteiger partial charge in [0.1, 0.15) is 0 Å². The zero-order valence-corrected chi connectivity index (χ0v) is 37.4. The van der Waals surface area contributed by atoms with E-state index < -0.39 is 0 Å². The van der Waals surface area contributed by atoms with E-state index in [4.69, 9.17) is 0 Å². The first kappa shape index (κ1) is 39.4. The van der Waals surface area contributed by atoms with Gasteiger partial charge in [-0.15, -0.1) is 0 Å². The molecule has 7 nitrogen and oxygen atoms in total. The lowest BCUT2D eigenvalue weighted by Crippen LogP contribution is -2.29. The predicted octanol–water partition coefficient (Wildman–Crippen LogP) is 15.0. The summed E-state index contributed by atoms with van der Waals surface area (Å²) in [5, 5.41) is 16.3. The van der Waals surface area contributed by atoms with Crippen LogP contribution in [0.4, 0.5) is 5.69 Å². The van der Waals surface area contributed by atoms with Gasteiger partial charge in [-0.2, -0.15) is 5.26 Å². The number of fused-ring (bicyclic) bond motifs is 10. The summed E-state index contributed by atoms with van der Waals surface area (Å²) in [7, 11) is 0. The van der Waals surface area contributed by atoms with Gasteiger partial charge in [0.2, 0.25) is 0 Å². The highest BCUT2D eigenvalue weighted by Crippen LogP contribution is 2.42. The van der Waals surface area contributed by atoms with Gasteiger partial charge >= 0.3 is 0 Å². The van der Waals surface area contributed by atoms with Crippen molar-refractivity contribution in [2.24, 2.45) is 0 Å². The van der Waals surface area contributed by atoms with Crippen molar-refractivity contribution in [3.63, 3.8) is 0 Å². The fourth-order valence-electron chi connectivity index (χ4n) is 11.0. The van der Waals surface area contributed by atoms with Crippen LogP contribution in [0.25, 0.3) is 105 Å². The number of hydrogen-bond donors (Lipinski definition) is 0. The number of nitriles is 1. The summed E-state index contributed by atoms with van der Waals surface area (Å²) in [5.41, 5.74) is 15.8. The SMILES string of the molecule is N#Cc1ccc(-n2c3ccccc3c3cc(-c4ccc5c(c4)c4cc(-c6ccc7c(c6)c6ccccc6n7-c6ccccc6)ccc4n5-c4cccc(N5C(=O)c6ccccc6C5=O)c4)ccc32)cc1. The van der Waals surface area contributed by atoms with Crippen molar-refractivity contribution >= 4 is 82.9 Å². The quantitative estimate of drug-likeness (QED) is 0.156. The second-order valence-electron chi connectivity index (χ2n) is 18.0. The van der Waals surface area contributed by atoms with Crippen LogP contribution in [-0.2, 0) is 0 Å². The molecule has 0 fully saturated rings. The number of imide groups is 1. The molecule has 0 atom stereocenters. The number of nitrogens with zero attached hydrogens (tertiary/aromatic N) is 5. The van der Waals surface area contributed by atoms with Gasteiger partial charge in [-0.05, 0) is 150 Å². The third-order valence-electron chi connectivity index (χ3n) is 14.2. The fraction of sp³-hybridized carbons (Fsp3) is 0. The largest absolute Gasteiger partial charge is 0.309 e. The lowest BCUT2D eigenvalue weighted by Gasteiger charge is -2.16. The number of aromatic nitrogens is 3. The molecule has 3 aromatic heterocycles. The van der Waals surface area contributed by atoms with Gasteiger partial charge in [-0.1, -0.05) is 97.1 Å². The highest BCUT2D eigenvalue weighted by atomic mass is 16.2. The van der Waals surface area contributed by atoms with Crippen molar-refractivity contribution < 1.29 is 9.59 Å². The van der Waals surface area contributed by atoms with E-state index >= 15 is 0 Å². The molecule has 1 aliphatic rings. The van der Waals surface area contributed by atoms with Gasteiger partial charge in [0.25, 0.3) is 11.8 Å². The first-order valence-electron chi connectivity index (χ1n) is 23.3. The van der Waals surface area contributed by atoms with E-state index in [0.717, 1.165) is 94.0 Å². The molecule has 0 N–H and O–H groups in total. The number of amides is 2. The molecule has 70 heavy (non-hydrogen) atoms. The number of anilines is 1. The van der Waals surface area contributed by atoms with Crippen LogP contribution in [0.3, 0.4) is 0 Å². The molecule has 0 spiro atoms. The highest BCUT2D eigenvalue weighted by Gasteiger charge is 2.36. The van der Waals surface area contributed by atoms with Crippen molar-refractivity contribution in [3.8, 4) is 45.4 Å². The standard InChI is InChI=1S/C63H37N5O2/c64-38-39-21-27-45(28-22-39)66-57-20-9-7-16-49(57)53-34-41(24-30-59(53)66)43-26-32-61-55(36-43)54-35-42(40-23-29-58-52(33-40)48-15-6-8-19-56(48)65(58)44-11-2-1-3-12-44)25-31-60(54)67(61)46-13-10-14-47(37-46)68-62(69)50-17-4-5-18-51(50)63(68)70/h1-37H. The zero-order valence-electron chi connectivity index (χ0n) is 37.4. The fourth-order valence-corrected chi connectivity index (χ4v) is 11.0. The van der Waals surface area contributed by atoms with Gasteiger partial charge in [0, 0.05) is 49.4 Å². The molecular formula is C63H37N5O2. The molecule has 2 amide bonds. The molecule has 0 saturated carbocycles. The number of carbonyl (C=O) groups excluding carboxylic acids is 2. The molecule has 1 aliphatic heterocycles. The Balaban J connectivity index is 0.955. The minimum atomic E-state index is -0.324. The van der Waals surface area contributed by atoms with Crippen LogP contribution in [0.15, 0.2) is 224 Å². The summed E-state index contributed by atoms with van der Waals surface area (Å²) in [6.07, 6.45) is 0. The minimum Gasteiger partial charge on any atom is -0.309 e. The van der Waals surface area contributed by atoms with E-state index in [0.29, 0.717) is 22.4 Å². The zero-order chi connectivity index (χ0) is 46.6. The number of hydrogen-bond acceptors (Lipinski definition) is 3. The number of para-hydroxylation sites is 3. The van der Waals surface area contributed by atoms with Crippen LogP contribution in [0, 0.1) is 11.3 Å². The molecule has 0 unspecified atom stereocenters. The van der Waals surface area contributed by atoms with Crippen molar-refractivity contribution in [2.75, 3.05) is 4.90 Å². The predicted molar refractivity (Wildman–Crippen MR) is 283 cm³/mol. The molecule has 0 aliphatic carbocycles. The third-order valence-corrected chi connectivity index (χ3v) is 14.2. The highest BCUT2D eigenvalue weighted by molar-refractivity contribution is 6.34. The Morgan fingerprint density at radius 2 is 0.671 bits per heavy atom. The third kappa shape index (κ3) is 5.81. The molecular weight excluding hydrogens is 859 g/mol. The minimum absolute atomic E-state index is 0.324. The average molecular weight is 896 g/mol. The molecule has 326 valence electrons. The molecule has 0 radical (unpaired) electrons. The Morgan fingerprint density at radius 3 is 1.16 bits per heavy atom. The van der Waals surface area contributed by atoms with Gasteiger partial charge in [0.15, 0.2) is 0 Å². The van der Waals surface area contributed by atoms with Gasteiger partial charge in [-0.3, -0.25) is 9.59 Å². The normalized spacial score (nSPS) is 12.6. The van der Waals surface area contributed by atoms with Crippen molar-refractivity contribution in [1.82, 2.24) is 13.7 Å². The maximum atomic E-state index is 13.7. The van der Waals surface area contributed by atoms with Gasteiger partial charge in [0.05, 0.1) is 61.5 Å². The summed E-state index contributed by atoms with van der Waals surface area (Å²) < 4.78 is 6.84. The lowest BCUT2D eigenvalue weighted by atomic mass is 9.98. The maximum Gasteiger partial charge on any atom is 0.266 e.